The molecule has 1 fully saturated rings. The first-order valence-corrected chi connectivity index (χ1v) is 10.4. The van der Waals surface area contributed by atoms with Crippen LogP contribution in [0.2, 0.25) is 0 Å². The second-order valence-corrected chi connectivity index (χ2v) is 8.12. The lowest BCUT2D eigenvalue weighted by molar-refractivity contribution is 0.0793. The first-order valence-electron chi connectivity index (χ1n) is 10.4. The fourth-order valence-electron chi connectivity index (χ4n) is 4.26. The van der Waals surface area contributed by atoms with E-state index in [0.29, 0.717) is 0 Å². The molecule has 2 aliphatic rings. The van der Waals surface area contributed by atoms with Crippen molar-refractivity contribution in [3.63, 3.8) is 0 Å². The average molecular weight is 379 g/mol. The summed E-state index contributed by atoms with van der Waals surface area (Å²) >= 11 is 0. The standard InChI is InChI=1S/C23H30N4O/c1-25(2)22-20(23(28)27-12-6-7-13-27)16-19-10-14-26(15-11-21(19)24-22)17-18-8-4-3-5-9-18/h3-5,8-9,16H,6-7,10-15,17H2,1-2H3. The number of fused-ring (bicyclic) bond motifs is 1. The van der Waals surface area contributed by atoms with E-state index in [9.17, 15) is 4.79 Å². The molecule has 0 radical (unpaired) electrons. The quantitative estimate of drug-likeness (QED) is 0.820. The van der Waals surface area contributed by atoms with E-state index in [1.54, 1.807) is 0 Å². The minimum atomic E-state index is 0.141. The van der Waals surface area contributed by atoms with Gasteiger partial charge < -0.3 is 9.80 Å². The maximum Gasteiger partial charge on any atom is 0.257 e. The molecule has 5 nitrogen and oxygen atoms in total. The summed E-state index contributed by atoms with van der Waals surface area (Å²) in [5.74, 6) is 0.953. The molecular formula is C23H30N4O. The Bertz CT molecular complexity index is 828. The monoisotopic (exact) mass is 378 g/mol. The summed E-state index contributed by atoms with van der Waals surface area (Å²) in [6.45, 7) is 4.71. The van der Waals surface area contributed by atoms with Crippen LogP contribution in [0.5, 0.6) is 0 Å². The lowest BCUT2D eigenvalue weighted by Gasteiger charge is -2.22. The van der Waals surface area contributed by atoms with Gasteiger partial charge >= 0.3 is 0 Å². The molecule has 0 atom stereocenters. The Labute approximate surface area is 168 Å². The summed E-state index contributed by atoms with van der Waals surface area (Å²) in [5, 5.41) is 0. The zero-order chi connectivity index (χ0) is 19.5. The molecule has 1 aromatic carbocycles. The van der Waals surface area contributed by atoms with Crippen LogP contribution in [-0.4, -0.2) is 61.0 Å². The van der Waals surface area contributed by atoms with Gasteiger partial charge in [0.1, 0.15) is 5.82 Å². The van der Waals surface area contributed by atoms with Crippen LogP contribution in [-0.2, 0) is 19.4 Å². The number of rotatable bonds is 4. The van der Waals surface area contributed by atoms with Crippen molar-refractivity contribution in [2.24, 2.45) is 0 Å². The van der Waals surface area contributed by atoms with Crippen molar-refractivity contribution >= 4 is 11.7 Å². The van der Waals surface area contributed by atoms with Gasteiger partial charge in [-0.05, 0) is 36.5 Å². The predicted molar refractivity (Wildman–Crippen MR) is 113 cm³/mol. The molecule has 0 spiro atoms. The van der Waals surface area contributed by atoms with Crippen molar-refractivity contribution in [1.82, 2.24) is 14.8 Å². The zero-order valence-electron chi connectivity index (χ0n) is 17.0. The van der Waals surface area contributed by atoms with Crippen LogP contribution < -0.4 is 4.90 Å². The molecule has 1 saturated heterocycles. The average Bonchev–Trinajstić information content (AvgIpc) is 3.17. The van der Waals surface area contributed by atoms with Gasteiger partial charge in [0.05, 0.1) is 5.56 Å². The Morgan fingerprint density at radius 2 is 1.75 bits per heavy atom. The van der Waals surface area contributed by atoms with E-state index in [0.717, 1.165) is 75.5 Å². The number of nitrogens with zero attached hydrogens (tertiary/aromatic N) is 4. The smallest absolute Gasteiger partial charge is 0.257 e. The third kappa shape index (κ3) is 4.04. The van der Waals surface area contributed by atoms with Crippen LogP contribution >= 0.6 is 0 Å². The first-order chi connectivity index (χ1) is 13.6. The molecule has 1 aromatic heterocycles. The van der Waals surface area contributed by atoms with E-state index in [2.05, 4.69) is 41.3 Å². The SMILES string of the molecule is CN(C)c1nc2c(cc1C(=O)N1CCCC1)CCN(Cc1ccccc1)CC2. The second-order valence-electron chi connectivity index (χ2n) is 8.12. The number of amides is 1. The number of aromatic nitrogens is 1. The number of carbonyl (C=O) groups is 1. The van der Waals surface area contributed by atoms with Gasteiger partial charge in [-0.15, -0.1) is 0 Å². The molecule has 2 aromatic rings. The summed E-state index contributed by atoms with van der Waals surface area (Å²) in [6, 6.07) is 12.8. The number of anilines is 1. The minimum Gasteiger partial charge on any atom is -0.362 e. The van der Waals surface area contributed by atoms with Crippen molar-refractivity contribution in [3.05, 3.63) is 58.8 Å². The molecule has 1 amide bonds. The van der Waals surface area contributed by atoms with Crippen LogP contribution in [0.25, 0.3) is 0 Å². The van der Waals surface area contributed by atoms with E-state index < -0.39 is 0 Å². The molecular weight excluding hydrogens is 348 g/mol. The Hall–Kier alpha value is -2.40. The van der Waals surface area contributed by atoms with E-state index in [1.807, 2.05) is 23.9 Å². The summed E-state index contributed by atoms with van der Waals surface area (Å²) in [6.07, 6.45) is 4.09. The van der Waals surface area contributed by atoms with Gasteiger partial charge in [-0.1, -0.05) is 30.3 Å². The highest BCUT2D eigenvalue weighted by atomic mass is 16.2. The largest absolute Gasteiger partial charge is 0.362 e. The van der Waals surface area contributed by atoms with E-state index in [4.69, 9.17) is 4.98 Å². The number of carbonyl (C=O) groups excluding carboxylic acids is 1. The Balaban J connectivity index is 1.56. The minimum absolute atomic E-state index is 0.141. The fourth-order valence-corrected chi connectivity index (χ4v) is 4.26. The van der Waals surface area contributed by atoms with E-state index in [1.165, 1.54) is 11.1 Å². The number of hydrogen-bond acceptors (Lipinski definition) is 4. The lowest BCUT2D eigenvalue weighted by Crippen LogP contribution is -2.30. The molecule has 0 saturated carbocycles. The van der Waals surface area contributed by atoms with Gasteiger partial charge in [0.15, 0.2) is 0 Å². The first kappa shape index (κ1) is 18.9. The maximum absolute atomic E-state index is 13.1. The Morgan fingerprint density at radius 1 is 1.04 bits per heavy atom. The van der Waals surface area contributed by atoms with Crippen molar-refractivity contribution in [2.75, 3.05) is 45.2 Å². The van der Waals surface area contributed by atoms with Gasteiger partial charge in [-0.3, -0.25) is 9.69 Å². The molecule has 4 rings (SSSR count). The second kappa shape index (κ2) is 8.31. The summed E-state index contributed by atoms with van der Waals surface area (Å²) in [5.41, 5.74) is 4.50. The van der Waals surface area contributed by atoms with Crippen molar-refractivity contribution < 1.29 is 4.79 Å². The van der Waals surface area contributed by atoms with Crippen LogP contribution in [0.15, 0.2) is 36.4 Å². The van der Waals surface area contributed by atoms with Crippen molar-refractivity contribution in [3.8, 4) is 0 Å². The highest BCUT2D eigenvalue weighted by Gasteiger charge is 2.26. The molecule has 28 heavy (non-hydrogen) atoms. The van der Waals surface area contributed by atoms with Crippen LogP contribution in [0.4, 0.5) is 5.82 Å². The van der Waals surface area contributed by atoms with E-state index in [-0.39, 0.29) is 5.91 Å². The number of hydrogen-bond donors (Lipinski definition) is 0. The Kier molecular flexibility index (Phi) is 5.62. The zero-order valence-corrected chi connectivity index (χ0v) is 17.0. The van der Waals surface area contributed by atoms with Crippen LogP contribution in [0, 0.1) is 0 Å². The lowest BCUT2D eigenvalue weighted by atomic mass is 10.0. The summed E-state index contributed by atoms with van der Waals surface area (Å²) in [7, 11) is 3.96. The highest BCUT2D eigenvalue weighted by molar-refractivity contribution is 5.99. The van der Waals surface area contributed by atoms with Gasteiger partial charge in [0.2, 0.25) is 0 Å². The number of likely N-dealkylation sites (tertiary alicyclic amines) is 1. The Morgan fingerprint density at radius 3 is 2.46 bits per heavy atom. The predicted octanol–water partition coefficient (Wildman–Crippen LogP) is 2.98. The van der Waals surface area contributed by atoms with Gasteiger partial charge in [0.25, 0.3) is 5.91 Å². The van der Waals surface area contributed by atoms with Gasteiger partial charge in [-0.2, -0.15) is 0 Å². The molecule has 0 unspecified atom stereocenters. The van der Waals surface area contributed by atoms with Crippen LogP contribution in [0.3, 0.4) is 0 Å². The number of pyridine rings is 1. The molecule has 3 heterocycles. The van der Waals surface area contributed by atoms with Gasteiger partial charge in [0, 0.05) is 58.9 Å². The molecule has 0 aliphatic carbocycles. The molecule has 2 aliphatic heterocycles. The summed E-state index contributed by atoms with van der Waals surface area (Å²) < 4.78 is 0. The van der Waals surface area contributed by atoms with Crippen molar-refractivity contribution in [1.29, 1.82) is 0 Å². The van der Waals surface area contributed by atoms with Crippen LogP contribution in [0.1, 0.15) is 40.0 Å². The molecule has 0 N–H and O–H groups in total. The molecule has 5 heteroatoms. The van der Waals surface area contributed by atoms with Crippen molar-refractivity contribution in [2.45, 2.75) is 32.2 Å². The molecule has 0 bridgehead atoms. The topological polar surface area (TPSA) is 39.7 Å². The number of benzene rings is 1. The van der Waals surface area contributed by atoms with Gasteiger partial charge in [-0.25, -0.2) is 4.98 Å². The summed E-state index contributed by atoms with van der Waals surface area (Å²) in [4.78, 5) is 24.5. The maximum atomic E-state index is 13.1. The normalized spacial score (nSPS) is 17.3. The highest BCUT2D eigenvalue weighted by Crippen LogP contribution is 2.26. The third-order valence-electron chi connectivity index (χ3n) is 5.83. The fraction of sp³-hybridized carbons (Fsp3) is 0.478. The molecule has 148 valence electrons. The van der Waals surface area contributed by atoms with E-state index >= 15 is 0 Å². The third-order valence-corrected chi connectivity index (χ3v) is 5.83.